The van der Waals surface area contributed by atoms with Crippen LogP contribution in [-0.4, -0.2) is 17.1 Å². The Hall–Kier alpha value is -3.42. The topological polar surface area (TPSA) is 107 Å². The van der Waals surface area contributed by atoms with Crippen molar-refractivity contribution < 1.29 is 18.9 Å². The lowest BCUT2D eigenvalue weighted by Gasteiger charge is -2.33. The molecule has 1 aliphatic carbocycles. The summed E-state index contributed by atoms with van der Waals surface area (Å²) in [4.78, 5) is 22.9. The number of nitro benzene ring substituents is 1. The van der Waals surface area contributed by atoms with Crippen molar-refractivity contribution in [1.29, 1.82) is 0 Å². The second-order valence-electron chi connectivity index (χ2n) is 7.19. The van der Waals surface area contributed by atoms with Gasteiger partial charge in [-0.25, -0.2) is 4.79 Å². The fourth-order valence-corrected chi connectivity index (χ4v) is 4.02. The van der Waals surface area contributed by atoms with E-state index in [-0.39, 0.29) is 17.8 Å². The molecule has 4 rings (SSSR count). The summed E-state index contributed by atoms with van der Waals surface area (Å²) in [7, 11) is 0. The summed E-state index contributed by atoms with van der Waals surface area (Å²) in [6, 6.07) is 7.79. The maximum absolute atomic E-state index is 12.6. The quantitative estimate of drug-likeness (QED) is 0.357. The number of furan rings is 1. The molecule has 0 unspecified atom stereocenters. The molecule has 0 saturated carbocycles. The first-order valence-electron chi connectivity index (χ1n) is 8.99. The number of hydrogen-bond donors (Lipinski definition) is 1. The van der Waals surface area contributed by atoms with Crippen LogP contribution >= 0.6 is 0 Å². The molecular formula is C20H19N3O5. The number of rotatable bonds is 5. The molecule has 0 bridgehead atoms. The van der Waals surface area contributed by atoms with Gasteiger partial charge >= 0.3 is 5.97 Å². The van der Waals surface area contributed by atoms with E-state index in [0.717, 1.165) is 30.4 Å². The molecule has 8 heteroatoms. The molecule has 2 aliphatic rings. The van der Waals surface area contributed by atoms with E-state index in [0.29, 0.717) is 11.3 Å². The summed E-state index contributed by atoms with van der Waals surface area (Å²) in [6.45, 7) is 2.04. The molecule has 8 nitrogen and oxygen atoms in total. The average molecular weight is 381 g/mol. The van der Waals surface area contributed by atoms with Crippen LogP contribution in [0, 0.1) is 15.5 Å². The lowest BCUT2D eigenvalue weighted by Crippen LogP contribution is -2.27. The van der Waals surface area contributed by atoms with Crippen LogP contribution in [0.5, 0.6) is 0 Å². The number of hydrazone groups is 1. The summed E-state index contributed by atoms with van der Waals surface area (Å²) in [6.07, 6.45) is 6.98. The first-order chi connectivity index (χ1) is 13.5. The number of nitro groups is 1. The smallest absolute Gasteiger partial charge is 0.335 e. The Kier molecular flexibility index (Phi) is 4.46. The van der Waals surface area contributed by atoms with Crippen molar-refractivity contribution in [1.82, 2.24) is 0 Å². The van der Waals surface area contributed by atoms with Crippen molar-refractivity contribution in [3.8, 4) is 0 Å². The summed E-state index contributed by atoms with van der Waals surface area (Å²) in [5.74, 6) is -0.315. The molecule has 28 heavy (non-hydrogen) atoms. The predicted molar refractivity (Wildman–Crippen MR) is 102 cm³/mol. The summed E-state index contributed by atoms with van der Waals surface area (Å²) in [5.41, 5.74) is 5.43. The number of anilines is 1. The van der Waals surface area contributed by atoms with Crippen LogP contribution in [0.1, 0.15) is 37.9 Å². The van der Waals surface area contributed by atoms with Gasteiger partial charge in [-0.3, -0.25) is 15.5 Å². The maximum atomic E-state index is 12.6. The molecule has 0 amide bonds. The number of carbonyl (C=O) groups excluding carboxylic acids is 1. The molecule has 1 fully saturated rings. The zero-order chi connectivity index (χ0) is 19.7. The third-order valence-corrected chi connectivity index (χ3v) is 5.38. The van der Waals surface area contributed by atoms with E-state index in [1.54, 1.807) is 30.9 Å². The number of ether oxygens (including phenoxy) is 1. The summed E-state index contributed by atoms with van der Waals surface area (Å²) >= 11 is 0. The average Bonchev–Trinajstić information content (AvgIpc) is 3.28. The number of cyclic esters (lactones) is 1. The maximum Gasteiger partial charge on any atom is 0.335 e. The van der Waals surface area contributed by atoms with Gasteiger partial charge in [-0.15, -0.1) is 0 Å². The largest absolute Gasteiger partial charge is 0.472 e. The second-order valence-corrected chi connectivity index (χ2v) is 7.19. The summed E-state index contributed by atoms with van der Waals surface area (Å²) < 4.78 is 10.8. The minimum atomic E-state index is -0.454. The SMILES string of the molecule is C[C@@]12CCCC(/C=N/Nc3ccc([N+](=O)[O-])cc3)=C1C(=O)O[C@H]2c1ccoc1. The van der Waals surface area contributed by atoms with E-state index in [9.17, 15) is 14.9 Å². The highest BCUT2D eigenvalue weighted by Gasteiger charge is 2.53. The minimum Gasteiger partial charge on any atom is -0.472 e. The van der Waals surface area contributed by atoms with Gasteiger partial charge in [0.2, 0.25) is 0 Å². The van der Waals surface area contributed by atoms with Gasteiger partial charge in [-0.2, -0.15) is 5.10 Å². The predicted octanol–water partition coefficient (Wildman–Crippen LogP) is 4.37. The zero-order valence-electron chi connectivity index (χ0n) is 15.3. The van der Waals surface area contributed by atoms with Crippen LogP contribution in [0.25, 0.3) is 0 Å². The van der Waals surface area contributed by atoms with Crippen LogP contribution in [0.2, 0.25) is 0 Å². The number of non-ortho nitro benzene ring substituents is 1. The fourth-order valence-electron chi connectivity index (χ4n) is 4.02. The number of esters is 1. The van der Waals surface area contributed by atoms with Crippen molar-refractivity contribution in [2.75, 3.05) is 5.43 Å². The molecule has 2 heterocycles. The Labute approximate surface area is 161 Å². The van der Waals surface area contributed by atoms with Crippen LogP contribution in [0.4, 0.5) is 11.4 Å². The molecule has 2 atom stereocenters. The number of nitrogens with zero attached hydrogens (tertiary/aromatic N) is 2. The van der Waals surface area contributed by atoms with Crippen LogP contribution in [0.3, 0.4) is 0 Å². The second kappa shape index (κ2) is 6.95. The lowest BCUT2D eigenvalue weighted by atomic mass is 9.68. The number of benzene rings is 1. The summed E-state index contributed by atoms with van der Waals surface area (Å²) in [5, 5.41) is 14.9. The third-order valence-electron chi connectivity index (χ3n) is 5.38. The monoisotopic (exact) mass is 381 g/mol. The van der Waals surface area contributed by atoms with Gasteiger partial charge in [0.1, 0.15) is 6.10 Å². The molecule has 1 N–H and O–H groups in total. The molecule has 0 spiro atoms. The molecule has 1 aromatic carbocycles. The standard InChI is InChI=1S/C20H19N3O5/c1-20-9-2-3-13(11-21-22-15-4-6-16(7-5-15)23(25)26)17(20)19(24)28-18(20)14-8-10-27-12-14/h4-8,10-12,18,22H,2-3,9H2,1H3/b21-11+/t18-,20+/m0/s1. The number of carbonyl (C=O) groups is 1. The molecule has 2 aromatic rings. The zero-order valence-corrected chi connectivity index (χ0v) is 15.3. The molecular weight excluding hydrogens is 362 g/mol. The van der Waals surface area contributed by atoms with Crippen LogP contribution in [0.15, 0.2) is 63.5 Å². The first-order valence-corrected chi connectivity index (χ1v) is 8.99. The Bertz CT molecular complexity index is 962. The van der Waals surface area contributed by atoms with E-state index in [4.69, 9.17) is 9.15 Å². The molecule has 1 aliphatic heterocycles. The van der Waals surface area contributed by atoms with Crippen molar-refractivity contribution in [2.45, 2.75) is 32.3 Å². The van der Waals surface area contributed by atoms with Crippen molar-refractivity contribution in [3.63, 3.8) is 0 Å². The van der Waals surface area contributed by atoms with Gasteiger partial charge in [-0.05, 0) is 43.0 Å². The Balaban J connectivity index is 1.57. The van der Waals surface area contributed by atoms with Gasteiger partial charge in [0.25, 0.3) is 5.69 Å². The van der Waals surface area contributed by atoms with Crippen molar-refractivity contribution >= 4 is 23.6 Å². The van der Waals surface area contributed by atoms with Gasteiger partial charge in [-0.1, -0.05) is 6.92 Å². The highest BCUT2D eigenvalue weighted by atomic mass is 16.6. The highest BCUT2D eigenvalue weighted by molar-refractivity contribution is 6.00. The van der Waals surface area contributed by atoms with Gasteiger partial charge < -0.3 is 9.15 Å². The molecule has 144 valence electrons. The number of nitrogens with one attached hydrogen (secondary N) is 1. The Morgan fingerprint density at radius 2 is 2.11 bits per heavy atom. The normalized spacial score (nSPS) is 24.3. The van der Waals surface area contributed by atoms with Gasteiger partial charge in [0.05, 0.1) is 34.9 Å². The van der Waals surface area contributed by atoms with Crippen LogP contribution < -0.4 is 5.43 Å². The Morgan fingerprint density at radius 3 is 2.79 bits per heavy atom. The van der Waals surface area contributed by atoms with E-state index in [1.165, 1.54) is 12.1 Å². The van der Waals surface area contributed by atoms with Gasteiger partial charge in [0.15, 0.2) is 0 Å². The van der Waals surface area contributed by atoms with E-state index >= 15 is 0 Å². The highest BCUT2D eigenvalue weighted by Crippen LogP contribution is 2.55. The van der Waals surface area contributed by atoms with E-state index in [2.05, 4.69) is 10.5 Å². The number of fused-ring (bicyclic) bond motifs is 1. The third kappa shape index (κ3) is 3.06. The minimum absolute atomic E-state index is 0.0153. The van der Waals surface area contributed by atoms with Crippen LogP contribution in [-0.2, 0) is 9.53 Å². The molecule has 0 radical (unpaired) electrons. The Morgan fingerprint density at radius 1 is 1.32 bits per heavy atom. The number of hydrogen-bond acceptors (Lipinski definition) is 7. The lowest BCUT2D eigenvalue weighted by molar-refractivity contribution is -0.384. The van der Waals surface area contributed by atoms with Crippen molar-refractivity contribution in [3.05, 3.63) is 69.7 Å². The van der Waals surface area contributed by atoms with E-state index in [1.807, 2.05) is 13.0 Å². The fraction of sp³-hybridized carbons (Fsp3) is 0.300. The first kappa shape index (κ1) is 18.0. The van der Waals surface area contributed by atoms with Crippen molar-refractivity contribution in [2.24, 2.45) is 10.5 Å². The molecule has 1 aromatic heterocycles. The van der Waals surface area contributed by atoms with E-state index < -0.39 is 10.3 Å². The van der Waals surface area contributed by atoms with Gasteiger partial charge in [0, 0.05) is 23.1 Å². The molecule has 1 saturated heterocycles. The number of allylic oxidation sites excluding steroid dienone is 1.